The molecule has 0 bridgehead atoms. The summed E-state index contributed by atoms with van der Waals surface area (Å²) in [5.74, 6) is -0.260. The Morgan fingerprint density at radius 2 is 1.88 bits per heavy atom. The zero-order chi connectivity index (χ0) is 25.2. The van der Waals surface area contributed by atoms with Crippen molar-refractivity contribution in [2.45, 2.75) is 58.9 Å². The third-order valence-corrected chi connectivity index (χ3v) is 5.67. The molecule has 0 fully saturated rings. The van der Waals surface area contributed by atoms with Crippen molar-refractivity contribution < 1.29 is 14.6 Å². The number of fused-ring (bicyclic) bond motifs is 1. The van der Waals surface area contributed by atoms with Gasteiger partial charge in [-0.25, -0.2) is 4.79 Å². The van der Waals surface area contributed by atoms with Crippen LogP contribution in [0.2, 0.25) is 0 Å². The summed E-state index contributed by atoms with van der Waals surface area (Å²) < 4.78 is 9.69. The van der Waals surface area contributed by atoms with E-state index in [4.69, 9.17) is 4.74 Å². The van der Waals surface area contributed by atoms with Gasteiger partial charge in [0, 0.05) is 27.1 Å². The molecule has 0 aliphatic heterocycles. The van der Waals surface area contributed by atoms with Gasteiger partial charge in [-0.05, 0) is 36.0 Å². The van der Waals surface area contributed by atoms with Crippen LogP contribution >= 0.6 is 0 Å². The van der Waals surface area contributed by atoms with Crippen molar-refractivity contribution in [3.63, 3.8) is 0 Å². The molecule has 34 heavy (non-hydrogen) atoms. The average Bonchev–Trinajstić information content (AvgIpc) is 3.14. The highest BCUT2D eigenvalue weighted by atomic mass is 16.5. The highest BCUT2D eigenvalue weighted by Gasteiger charge is 2.21. The lowest BCUT2D eigenvalue weighted by molar-refractivity contribution is -0.116. The Labute approximate surface area is 197 Å². The number of rotatable bonds is 8. The van der Waals surface area contributed by atoms with E-state index in [2.05, 4.69) is 31.1 Å². The van der Waals surface area contributed by atoms with E-state index in [1.54, 1.807) is 23.7 Å². The monoisotopic (exact) mass is 471 g/mol. The number of hydrogen-bond donors (Lipinski definition) is 2. The predicted molar refractivity (Wildman–Crippen MR) is 131 cm³/mol. The van der Waals surface area contributed by atoms with Gasteiger partial charge in [-0.2, -0.15) is 4.98 Å². The summed E-state index contributed by atoms with van der Waals surface area (Å²) in [5, 5.41) is 12.9. The van der Waals surface area contributed by atoms with Crippen LogP contribution in [0.4, 0.5) is 5.69 Å². The van der Waals surface area contributed by atoms with Crippen molar-refractivity contribution >= 4 is 22.8 Å². The number of nitrogens with zero attached hydrogens (tertiary/aromatic N) is 4. The maximum absolute atomic E-state index is 12.8. The number of benzene rings is 1. The Bertz CT molecular complexity index is 1330. The van der Waals surface area contributed by atoms with Gasteiger partial charge in [-0.1, -0.05) is 33.8 Å². The minimum atomic E-state index is -0.471. The Morgan fingerprint density at radius 1 is 1.18 bits per heavy atom. The first kappa shape index (κ1) is 25.1. The molecule has 3 aromatic rings. The fourth-order valence-electron chi connectivity index (χ4n) is 3.65. The summed E-state index contributed by atoms with van der Waals surface area (Å²) in [5.41, 5.74) is 0.785. The molecule has 2 heterocycles. The summed E-state index contributed by atoms with van der Waals surface area (Å²) in [6.07, 6.45) is 1.29. The van der Waals surface area contributed by atoms with Crippen LogP contribution in [0.3, 0.4) is 0 Å². The van der Waals surface area contributed by atoms with Gasteiger partial charge in [0.25, 0.3) is 11.6 Å². The van der Waals surface area contributed by atoms with E-state index in [1.165, 1.54) is 11.6 Å². The second-order valence-corrected chi connectivity index (χ2v) is 9.41. The van der Waals surface area contributed by atoms with Crippen LogP contribution in [0.25, 0.3) is 11.2 Å². The molecule has 0 aliphatic carbocycles. The van der Waals surface area contributed by atoms with E-state index in [9.17, 15) is 19.5 Å². The second kappa shape index (κ2) is 9.74. The maximum atomic E-state index is 12.8. The van der Waals surface area contributed by atoms with Gasteiger partial charge in [0.1, 0.15) is 5.75 Å². The zero-order valence-corrected chi connectivity index (χ0v) is 20.6. The minimum Gasteiger partial charge on any atom is -0.506 e. The fraction of sp³-hybridized carbons (Fsp3) is 0.500. The summed E-state index contributed by atoms with van der Waals surface area (Å²) >= 11 is 0. The lowest BCUT2D eigenvalue weighted by Gasteiger charge is -2.20. The van der Waals surface area contributed by atoms with Crippen LogP contribution in [-0.2, 0) is 30.8 Å². The van der Waals surface area contributed by atoms with Crippen LogP contribution in [0, 0.1) is 0 Å². The summed E-state index contributed by atoms with van der Waals surface area (Å²) in [6.45, 7) is 8.82. The number of aryl methyl sites for hydroxylation is 2. The van der Waals surface area contributed by atoms with Crippen LogP contribution in [-0.4, -0.2) is 36.3 Å². The molecule has 0 saturated heterocycles. The summed E-state index contributed by atoms with van der Waals surface area (Å²) in [4.78, 5) is 42.1. The topological polar surface area (TPSA) is 120 Å². The van der Waals surface area contributed by atoms with Crippen LogP contribution in [0.15, 0.2) is 27.8 Å². The molecule has 2 aromatic heterocycles. The van der Waals surface area contributed by atoms with Crippen molar-refractivity contribution in [3.8, 4) is 11.8 Å². The lowest BCUT2D eigenvalue weighted by Crippen LogP contribution is -2.37. The number of ether oxygens (including phenoxy) is 1. The molecule has 0 aliphatic rings. The summed E-state index contributed by atoms with van der Waals surface area (Å²) in [7, 11) is 2.97. The number of phenols is 1. The van der Waals surface area contributed by atoms with E-state index in [1.807, 2.05) is 13.0 Å². The molecular formula is C24H33N5O5. The van der Waals surface area contributed by atoms with Gasteiger partial charge in [0.05, 0.1) is 12.3 Å². The molecule has 2 N–H and O–H groups in total. The Kier molecular flexibility index (Phi) is 7.18. The molecule has 184 valence electrons. The number of carbonyl (C=O) groups excluding carboxylic acids is 1. The molecule has 0 unspecified atom stereocenters. The van der Waals surface area contributed by atoms with E-state index in [0.29, 0.717) is 25.3 Å². The van der Waals surface area contributed by atoms with Gasteiger partial charge in [0.2, 0.25) is 5.91 Å². The van der Waals surface area contributed by atoms with E-state index in [-0.39, 0.29) is 40.7 Å². The molecule has 1 aromatic carbocycles. The van der Waals surface area contributed by atoms with Crippen molar-refractivity contribution in [2.24, 2.45) is 14.1 Å². The quantitative estimate of drug-likeness (QED) is 0.487. The van der Waals surface area contributed by atoms with E-state index in [0.717, 1.165) is 16.6 Å². The number of carbonyl (C=O) groups is 1. The number of aromatic hydroxyl groups is 1. The largest absolute Gasteiger partial charge is 0.506 e. The van der Waals surface area contributed by atoms with Crippen LogP contribution in [0.5, 0.6) is 11.8 Å². The first-order chi connectivity index (χ1) is 16.0. The third kappa shape index (κ3) is 5.00. The average molecular weight is 472 g/mol. The smallest absolute Gasteiger partial charge is 0.332 e. The van der Waals surface area contributed by atoms with Gasteiger partial charge in [0.15, 0.2) is 11.2 Å². The number of phenolic OH excluding ortho intramolecular Hbond substituents is 1. The van der Waals surface area contributed by atoms with E-state index >= 15 is 0 Å². The van der Waals surface area contributed by atoms with Crippen LogP contribution < -0.4 is 21.3 Å². The standard InChI is InChI=1S/C24H33N5O5/c1-7-13-34-22-26-20-19(21(32)28(6)23(33)27(20)5)29(22)12-8-9-18(31)25-16-14-15(24(2,3)4)10-11-17(16)30/h10-11,14,30H,7-9,12-13H2,1-6H3,(H,25,31). The maximum Gasteiger partial charge on any atom is 0.332 e. The van der Waals surface area contributed by atoms with Gasteiger partial charge in [-0.3, -0.25) is 23.3 Å². The van der Waals surface area contributed by atoms with Crippen molar-refractivity contribution in [3.05, 3.63) is 44.6 Å². The Balaban J connectivity index is 1.81. The highest BCUT2D eigenvalue weighted by molar-refractivity contribution is 5.92. The van der Waals surface area contributed by atoms with Crippen molar-refractivity contribution in [2.75, 3.05) is 11.9 Å². The number of hydrogen-bond acceptors (Lipinski definition) is 6. The van der Waals surface area contributed by atoms with Crippen molar-refractivity contribution in [1.82, 2.24) is 18.7 Å². The summed E-state index contributed by atoms with van der Waals surface area (Å²) in [6, 6.07) is 5.43. The molecule has 10 nitrogen and oxygen atoms in total. The molecule has 0 radical (unpaired) electrons. The van der Waals surface area contributed by atoms with Gasteiger partial charge >= 0.3 is 5.69 Å². The first-order valence-corrected chi connectivity index (χ1v) is 11.4. The van der Waals surface area contributed by atoms with Crippen molar-refractivity contribution in [1.29, 1.82) is 0 Å². The number of nitrogens with one attached hydrogen (secondary N) is 1. The molecule has 0 saturated carbocycles. The first-order valence-electron chi connectivity index (χ1n) is 11.4. The molecule has 0 atom stereocenters. The molecule has 0 spiro atoms. The SMILES string of the molecule is CCCOc1nc2c(c(=O)n(C)c(=O)n2C)n1CCCC(=O)Nc1cc(C(C)(C)C)ccc1O. The third-order valence-electron chi connectivity index (χ3n) is 5.67. The normalized spacial score (nSPS) is 11.7. The minimum absolute atomic E-state index is 0.00150. The van der Waals surface area contributed by atoms with Crippen LogP contribution in [0.1, 0.15) is 52.5 Å². The highest BCUT2D eigenvalue weighted by Crippen LogP contribution is 2.31. The zero-order valence-electron chi connectivity index (χ0n) is 20.6. The predicted octanol–water partition coefficient (Wildman–Crippen LogP) is 2.64. The second-order valence-electron chi connectivity index (χ2n) is 9.41. The molecular weight excluding hydrogens is 438 g/mol. The Hall–Kier alpha value is -3.56. The fourth-order valence-corrected chi connectivity index (χ4v) is 3.65. The van der Waals surface area contributed by atoms with Gasteiger partial charge in [-0.15, -0.1) is 0 Å². The lowest BCUT2D eigenvalue weighted by atomic mass is 9.87. The van der Waals surface area contributed by atoms with E-state index < -0.39 is 11.2 Å². The Morgan fingerprint density at radius 3 is 2.53 bits per heavy atom. The molecule has 10 heteroatoms. The number of aromatic nitrogens is 4. The van der Waals surface area contributed by atoms with Gasteiger partial charge < -0.3 is 15.2 Å². The number of imidazole rings is 1. The number of anilines is 1. The number of amides is 1. The molecule has 3 rings (SSSR count). The molecule has 1 amide bonds.